The van der Waals surface area contributed by atoms with Crippen molar-refractivity contribution in [2.75, 3.05) is 21.3 Å². The number of rotatable bonds is 5. The average Bonchev–Trinajstić information content (AvgIpc) is 2.53. The van der Waals surface area contributed by atoms with Gasteiger partial charge in [0.1, 0.15) is 23.1 Å². The Balaban J connectivity index is 2.49. The van der Waals surface area contributed by atoms with Crippen LogP contribution in [0.3, 0.4) is 0 Å². The molecular formula is C16H18FNO3. The number of halogens is 1. The normalized spacial score (nSPS) is 11.9. The first-order chi connectivity index (χ1) is 10.1. The van der Waals surface area contributed by atoms with Gasteiger partial charge in [0.05, 0.1) is 27.4 Å². The molecule has 0 saturated carbocycles. The van der Waals surface area contributed by atoms with E-state index in [1.807, 2.05) is 0 Å². The molecule has 1 atom stereocenters. The van der Waals surface area contributed by atoms with Gasteiger partial charge in [-0.2, -0.15) is 0 Å². The van der Waals surface area contributed by atoms with Gasteiger partial charge in [-0.3, -0.25) is 0 Å². The lowest BCUT2D eigenvalue weighted by atomic mass is 9.97. The maximum Gasteiger partial charge on any atom is 0.127 e. The maximum absolute atomic E-state index is 13.5. The summed E-state index contributed by atoms with van der Waals surface area (Å²) in [6, 6.07) is 9.00. The third-order valence-corrected chi connectivity index (χ3v) is 3.30. The van der Waals surface area contributed by atoms with Crippen molar-refractivity contribution in [1.29, 1.82) is 0 Å². The molecule has 4 nitrogen and oxygen atoms in total. The summed E-state index contributed by atoms with van der Waals surface area (Å²) in [7, 11) is 4.65. The first kappa shape index (κ1) is 15.1. The van der Waals surface area contributed by atoms with E-state index < -0.39 is 6.04 Å². The molecule has 0 aromatic heterocycles. The summed E-state index contributed by atoms with van der Waals surface area (Å²) in [5.41, 5.74) is 7.54. The van der Waals surface area contributed by atoms with Crippen LogP contribution in [0.4, 0.5) is 4.39 Å². The minimum atomic E-state index is -0.573. The Labute approximate surface area is 123 Å². The molecule has 0 aliphatic heterocycles. The van der Waals surface area contributed by atoms with Crippen LogP contribution in [0.25, 0.3) is 0 Å². The predicted molar refractivity (Wildman–Crippen MR) is 78.5 cm³/mol. The quantitative estimate of drug-likeness (QED) is 0.920. The van der Waals surface area contributed by atoms with Crippen LogP contribution in [-0.4, -0.2) is 21.3 Å². The maximum atomic E-state index is 13.5. The summed E-state index contributed by atoms with van der Waals surface area (Å²) in [6.07, 6.45) is 0. The zero-order chi connectivity index (χ0) is 15.4. The highest BCUT2D eigenvalue weighted by molar-refractivity contribution is 5.49. The highest BCUT2D eigenvalue weighted by Crippen LogP contribution is 2.35. The summed E-state index contributed by atoms with van der Waals surface area (Å²) < 4.78 is 29.2. The third-order valence-electron chi connectivity index (χ3n) is 3.30. The van der Waals surface area contributed by atoms with Crippen molar-refractivity contribution < 1.29 is 18.6 Å². The monoisotopic (exact) mass is 291 g/mol. The van der Waals surface area contributed by atoms with Gasteiger partial charge in [-0.1, -0.05) is 0 Å². The standard InChI is InChI=1S/C16H18FNO3/c1-19-11-5-6-12(15(9-11)21-3)16(18)13-8-10(17)4-7-14(13)20-2/h4-9,16H,18H2,1-3H3. The van der Waals surface area contributed by atoms with Crippen molar-refractivity contribution in [3.05, 3.63) is 53.3 Å². The average molecular weight is 291 g/mol. The number of nitrogens with two attached hydrogens (primary N) is 1. The Kier molecular flexibility index (Phi) is 4.65. The van der Waals surface area contributed by atoms with Gasteiger partial charge in [0.25, 0.3) is 0 Å². The summed E-state index contributed by atoms with van der Waals surface area (Å²) >= 11 is 0. The Bertz CT molecular complexity index is 631. The van der Waals surface area contributed by atoms with Crippen LogP contribution >= 0.6 is 0 Å². The topological polar surface area (TPSA) is 53.7 Å². The Morgan fingerprint density at radius 1 is 0.857 bits per heavy atom. The second-order valence-electron chi connectivity index (χ2n) is 4.47. The lowest BCUT2D eigenvalue weighted by Crippen LogP contribution is -2.14. The fraction of sp³-hybridized carbons (Fsp3) is 0.250. The van der Waals surface area contributed by atoms with Gasteiger partial charge in [0.2, 0.25) is 0 Å². The zero-order valence-electron chi connectivity index (χ0n) is 12.2. The van der Waals surface area contributed by atoms with Crippen molar-refractivity contribution >= 4 is 0 Å². The second kappa shape index (κ2) is 6.45. The number of ether oxygens (including phenoxy) is 3. The van der Waals surface area contributed by atoms with Crippen molar-refractivity contribution in [1.82, 2.24) is 0 Å². The molecule has 0 amide bonds. The molecule has 2 aromatic rings. The lowest BCUT2D eigenvalue weighted by Gasteiger charge is -2.19. The van der Waals surface area contributed by atoms with E-state index in [2.05, 4.69) is 0 Å². The van der Waals surface area contributed by atoms with Gasteiger partial charge in [-0.15, -0.1) is 0 Å². The van der Waals surface area contributed by atoms with Crippen molar-refractivity contribution in [2.24, 2.45) is 5.73 Å². The summed E-state index contributed by atoms with van der Waals surface area (Å²) in [4.78, 5) is 0. The highest BCUT2D eigenvalue weighted by atomic mass is 19.1. The van der Waals surface area contributed by atoms with E-state index in [-0.39, 0.29) is 5.82 Å². The van der Waals surface area contributed by atoms with Crippen molar-refractivity contribution in [3.63, 3.8) is 0 Å². The number of methoxy groups -OCH3 is 3. The molecule has 2 N–H and O–H groups in total. The van der Waals surface area contributed by atoms with Gasteiger partial charge in [-0.05, 0) is 30.3 Å². The minimum Gasteiger partial charge on any atom is -0.497 e. The molecule has 21 heavy (non-hydrogen) atoms. The van der Waals surface area contributed by atoms with Crippen LogP contribution in [0.5, 0.6) is 17.2 Å². The largest absolute Gasteiger partial charge is 0.497 e. The zero-order valence-corrected chi connectivity index (χ0v) is 12.2. The van der Waals surface area contributed by atoms with E-state index >= 15 is 0 Å². The molecule has 2 aromatic carbocycles. The Morgan fingerprint density at radius 3 is 2.19 bits per heavy atom. The predicted octanol–water partition coefficient (Wildman–Crippen LogP) is 2.90. The van der Waals surface area contributed by atoms with E-state index in [0.29, 0.717) is 22.8 Å². The second-order valence-corrected chi connectivity index (χ2v) is 4.47. The van der Waals surface area contributed by atoms with Crippen LogP contribution in [0.15, 0.2) is 36.4 Å². The third kappa shape index (κ3) is 3.08. The molecule has 0 radical (unpaired) electrons. The molecular weight excluding hydrogens is 273 g/mol. The molecule has 0 fully saturated rings. The van der Waals surface area contributed by atoms with Crippen LogP contribution in [0, 0.1) is 5.82 Å². The SMILES string of the molecule is COc1ccc(C(N)c2cc(F)ccc2OC)c(OC)c1. The van der Waals surface area contributed by atoms with Gasteiger partial charge >= 0.3 is 0 Å². The van der Waals surface area contributed by atoms with Gasteiger partial charge in [0.15, 0.2) is 0 Å². The van der Waals surface area contributed by atoms with E-state index in [1.54, 1.807) is 38.5 Å². The van der Waals surface area contributed by atoms with Gasteiger partial charge in [-0.25, -0.2) is 4.39 Å². The van der Waals surface area contributed by atoms with E-state index in [1.165, 1.54) is 19.2 Å². The molecule has 0 bridgehead atoms. The molecule has 2 rings (SSSR count). The number of hydrogen-bond acceptors (Lipinski definition) is 4. The Morgan fingerprint density at radius 2 is 1.57 bits per heavy atom. The lowest BCUT2D eigenvalue weighted by molar-refractivity contribution is 0.387. The van der Waals surface area contributed by atoms with E-state index in [4.69, 9.17) is 19.9 Å². The molecule has 0 aliphatic rings. The van der Waals surface area contributed by atoms with Gasteiger partial charge < -0.3 is 19.9 Å². The molecule has 0 aliphatic carbocycles. The molecule has 1 unspecified atom stereocenters. The molecule has 5 heteroatoms. The van der Waals surface area contributed by atoms with Crippen LogP contribution in [-0.2, 0) is 0 Å². The van der Waals surface area contributed by atoms with E-state index in [0.717, 1.165) is 5.56 Å². The fourth-order valence-electron chi connectivity index (χ4n) is 2.19. The number of hydrogen-bond donors (Lipinski definition) is 1. The van der Waals surface area contributed by atoms with Crippen molar-refractivity contribution in [2.45, 2.75) is 6.04 Å². The van der Waals surface area contributed by atoms with Crippen molar-refractivity contribution in [3.8, 4) is 17.2 Å². The molecule has 112 valence electrons. The first-order valence-electron chi connectivity index (χ1n) is 6.41. The summed E-state index contributed by atoms with van der Waals surface area (Å²) in [5, 5.41) is 0. The Hall–Kier alpha value is -2.27. The molecule has 0 saturated heterocycles. The smallest absolute Gasteiger partial charge is 0.127 e. The van der Waals surface area contributed by atoms with E-state index in [9.17, 15) is 4.39 Å². The fourth-order valence-corrected chi connectivity index (χ4v) is 2.19. The molecule has 0 spiro atoms. The highest BCUT2D eigenvalue weighted by Gasteiger charge is 2.19. The molecule has 0 heterocycles. The van der Waals surface area contributed by atoms with Crippen LogP contribution in [0.2, 0.25) is 0 Å². The first-order valence-corrected chi connectivity index (χ1v) is 6.41. The van der Waals surface area contributed by atoms with Gasteiger partial charge in [0, 0.05) is 17.2 Å². The minimum absolute atomic E-state index is 0.367. The van der Waals surface area contributed by atoms with Crippen LogP contribution < -0.4 is 19.9 Å². The summed E-state index contributed by atoms with van der Waals surface area (Å²) in [6.45, 7) is 0. The number of benzene rings is 2. The summed E-state index contributed by atoms with van der Waals surface area (Å²) in [5.74, 6) is 1.40. The van der Waals surface area contributed by atoms with Crippen LogP contribution in [0.1, 0.15) is 17.2 Å².